The summed E-state index contributed by atoms with van der Waals surface area (Å²) in [4.78, 5) is 29.9. The summed E-state index contributed by atoms with van der Waals surface area (Å²) in [6.07, 6.45) is 6.51. The number of nitrogens with two attached hydrogens (primary N) is 1. The Kier molecular flexibility index (Phi) is 8.57. The van der Waals surface area contributed by atoms with Crippen molar-refractivity contribution in [2.24, 2.45) is 11.1 Å². The molecule has 34 heavy (non-hydrogen) atoms. The lowest BCUT2D eigenvalue weighted by Crippen LogP contribution is -2.50. The summed E-state index contributed by atoms with van der Waals surface area (Å²) in [7, 11) is 1.68. The Bertz CT molecular complexity index is 1000. The van der Waals surface area contributed by atoms with E-state index in [9.17, 15) is 9.59 Å². The van der Waals surface area contributed by atoms with Gasteiger partial charge >= 0.3 is 0 Å². The van der Waals surface area contributed by atoms with Crippen LogP contribution in [0.15, 0.2) is 48.4 Å². The second kappa shape index (κ2) is 11.4. The Morgan fingerprint density at radius 1 is 1.26 bits per heavy atom. The number of carbonyl (C=O) groups is 2. The molecule has 0 radical (unpaired) electrons. The molecule has 1 heterocycles. The number of rotatable bonds is 13. The lowest BCUT2D eigenvalue weighted by Gasteiger charge is -2.32. The highest BCUT2D eigenvalue weighted by atomic mass is 16.5. The van der Waals surface area contributed by atoms with Crippen molar-refractivity contribution in [1.29, 1.82) is 0 Å². The molecule has 1 atom stereocenters. The van der Waals surface area contributed by atoms with Crippen LogP contribution in [0.3, 0.4) is 0 Å². The number of allylic oxidation sites excluding steroid dienone is 1. The molecule has 1 aliphatic carbocycles. The molecule has 0 spiro atoms. The lowest BCUT2D eigenvalue weighted by molar-refractivity contribution is -0.148. The van der Waals surface area contributed by atoms with E-state index in [0.29, 0.717) is 31.8 Å². The van der Waals surface area contributed by atoms with Crippen LogP contribution in [0.2, 0.25) is 0 Å². The molecule has 3 N–H and O–H groups in total. The molecule has 2 aromatic rings. The van der Waals surface area contributed by atoms with Gasteiger partial charge in [0, 0.05) is 36.4 Å². The van der Waals surface area contributed by atoms with Crippen molar-refractivity contribution < 1.29 is 19.1 Å². The molecule has 1 aromatic carbocycles. The number of hydrogen-bond donors (Lipinski definition) is 2. The zero-order valence-corrected chi connectivity index (χ0v) is 20.3. The van der Waals surface area contributed by atoms with Crippen molar-refractivity contribution in [3.05, 3.63) is 48.4 Å². The van der Waals surface area contributed by atoms with E-state index in [1.54, 1.807) is 7.11 Å². The number of aromatic nitrogens is 3. The van der Waals surface area contributed by atoms with Gasteiger partial charge in [-0.3, -0.25) is 9.59 Å². The first-order valence-electron chi connectivity index (χ1n) is 11.8. The predicted molar refractivity (Wildman–Crippen MR) is 129 cm³/mol. The summed E-state index contributed by atoms with van der Waals surface area (Å²) >= 11 is 0. The SMILES string of the molecule is CCCC(CC)(OC/C(N)=C/C(=O)n1cnc(-c2ccccc2)n1)C(=O)NCC1(COC)CC1. The van der Waals surface area contributed by atoms with E-state index in [0.717, 1.165) is 29.5 Å². The standard InChI is InChI=1S/C25H35N5O4/c1-4-11-25(5-2,23(32)27-16-24(12-13-24)17-33-3)34-15-20(26)14-21(31)30-18-28-22(29-30)19-9-7-6-8-10-19/h6-10,14,18H,4-5,11-13,15-17,26H2,1-3H3,(H,27,32)/b20-14-. The lowest BCUT2D eigenvalue weighted by atomic mass is 9.93. The first kappa shape index (κ1) is 25.6. The zero-order valence-electron chi connectivity index (χ0n) is 20.3. The van der Waals surface area contributed by atoms with Gasteiger partial charge in [-0.05, 0) is 25.7 Å². The van der Waals surface area contributed by atoms with Crippen LogP contribution in [0.25, 0.3) is 11.4 Å². The maximum absolute atomic E-state index is 13.1. The van der Waals surface area contributed by atoms with Crippen LogP contribution in [-0.2, 0) is 14.3 Å². The molecule has 0 aliphatic heterocycles. The van der Waals surface area contributed by atoms with Crippen LogP contribution in [0, 0.1) is 5.41 Å². The Labute approximate surface area is 200 Å². The van der Waals surface area contributed by atoms with Gasteiger partial charge in [-0.1, -0.05) is 50.6 Å². The highest BCUT2D eigenvalue weighted by Crippen LogP contribution is 2.45. The summed E-state index contributed by atoms with van der Waals surface area (Å²) in [5, 5.41) is 7.29. The van der Waals surface area contributed by atoms with E-state index in [1.807, 2.05) is 44.2 Å². The van der Waals surface area contributed by atoms with Gasteiger partial charge in [0.25, 0.3) is 11.8 Å². The fourth-order valence-corrected chi connectivity index (χ4v) is 3.96. The van der Waals surface area contributed by atoms with Gasteiger partial charge in [0.15, 0.2) is 5.82 Å². The first-order chi connectivity index (χ1) is 16.4. The normalized spacial score (nSPS) is 16.6. The van der Waals surface area contributed by atoms with Crippen LogP contribution < -0.4 is 11.1 Å². The molecule has 3 rings (SSSR count). The number of amides is 1. The van der Waals surface area contributed by atoms with Crippen molar-refractivity contribution in [2.75, 3.05) is 26.9 Å². The Balaban J connectivity index is 1.62. The zero-order chi connectivity index (χ0) is 24.6. The van der Waals surface area contributed by atoms with Gasteiger partial charge < -0.3 is 20.5 Å². The number of benzene rings is 1. The van der Waals surface area contributed by atoms with Crippen LogP contribution in [0.5, 0.6) is 0 Å². The minimum Gasteiger partial charge on any atom is -0.400 e. The maximum Gasteiger partial charge on any atom is 0.274 e. The van der Waals surface area contributed by atoms with Crippen LogP contribution in [-0.4, -0.2) is 59.0 Å². The Morgan fingerprint density at radius 3 is 2.62 bits per heavy atom. The summed E-state index contributed by atoms with van der Waals surface area (Å²) in [5.74, 6) is -0.140. The number of nitrogens with one attached hydrogen (secondary N) is 1. The molecule has 9 heteroatoms. The topological polar surface area (TPSA) is 121 Å². The van der Waals surface area contributed by atoms with Crippen molar-refractivity contribution >= 4 is 11.8 Å². The van der Waals surface area contributed by atoms with Crippen molar-refractivity contribution in [1.82, 2.24) is 20.1 Å². The summed E-state index contributed by atoms with van der Waals surface area (Å²) < 4.78 is 12.5. The van der Waals surface area contributed by atoms with Gasteiger partial charge in [-0.2, -0.15) is 4.68 Å². The quantitative estimate of drug-likeness (QED) is 0.433. The third kappa shape index (κ3) is 6.30. The van der Waals surface area contributed by atoms with Crippen LogP contribution in [0.1, 0.15) is 50.7 Å². The van der Waals surface area contributed by atoms with E-state index in [-0.39, 0.29) is 23.6 Å². The molecule has 1 aliphatic rings. The number of carbonyl (C=O) groups excluding carboxylic acids is 2. The smallest absolute Gasteiger partial charge is 0.274 e. The number of ether oxygens (including phenoxy) is 2. The average molecular weight is 470 g/mol. The molecule has 1 unspecified atom stereocenters. The van der Waals surface area contributed by atoms with Gasteiger partial charge in [0.1, 0.15) is 11.9 Å². The third-order valence-electron chi connectivity index (χ3n) is 6.24. The summed E-state index contributed by atoms with van der Waals surface area (Å²) in [6.45, 7) is 5.08. The highest BCUT2D eigenvalue weighted by Gasteiger charge is 2.45. The summed E-state index contributed by atoms with van der Waals surface area (Å²) in [6, 6.07) is 9.38. The van der Waals surface area contributed by atoms with Crippen LogP contribution in [0.4, 0.5) is 0 Å². The number of hydrogen-bond acceptors (Lipinski definition) is 7. The van der Waals surface area contributed by atoms with Gasteiger partial charge in [-0.25, -0.2) is 4.98 Å². The molecule has 0 bridgehead atoms. The molecule has 1 fully saturated rings. The first-order valence-corrected chi connectivity index (χ1v) is 11.8. The van der Waals surface area contributed by atoms with Gasteiger partial charge in [0.05, 0.1) is 13.2 Å². The molecule has 184 valence electrons. The minimum atomic E-state index is -1.01. The van der Waals surface area contributed by atoms with E-state index in [4.69, 9.17) is 15.2 Å². The van der Waals surface area contributed by atoms with Gasteiger partial charge in [-0.15, -0.1) is 5.10 Å². The largest absolute Gasteiger partial charge is 0.400 e. The van der Waals surface area contributed by atoms with Crippen LogP contribution >= 0.6 is 0 Å². The molecular weight excluding hydrogens is 434 g/mol. The van der Waals surface area contributed by atoms with Crippen molar-refractivity contribution in [3.8, 4) is 11.4 Å². The monoisotopic (exact) mass is 469 g/mol. The average Bonchev–Trinajstić information content (AvgIpc) is 3.42. The minimum absolute atomic E-state index is 0.0395. The van der Waals surface area contributed by atoms with Crippen molar-refractivity contribution in [2.45, 2.75) is 51.6 Å². The molecule has 1 amide bonds. The van der Waals surface area contributed by atoms with E-state index < -0.39 is 11.5 Å². The highest BCUT2D eigenvalue weighted by molar-refractivity contribution is 5.89. The molecular formula is C25H35N5O4. The van der Waals surface area contributed by atoms with Crippen molar-refractivity contribution in [3.63, 3.8) is 0 Å². The maximum atomic E-state index is 13.1. The fourth-order valence-electron chi connectivity index (χ4n) is 3.96. The fraction of sp³-hybridized carbons (Fsp3) is 0.520. The van der Waals surface area contributed by atoms with E-state index >= 15 is 0 Å². The number of nitrogens with zero attached hydrogens (tertiary/aromatic N) is 3. The van der Waals surface area contributed by atoms with E-state index in [2.05, 4.69) is 15.4 Å². The Hall–Kier alpha value is -3.04. The second-order valence-electron chi connectivity index (χ2n) is 8.94. The predicted octanol–water partition coefficient (Wildman–Crippen LogP) is 2.94. The van der Waals surface area contributed by atoms with E-state index in [1.165, 1.54) is 12.4 Å². The number of methoxy groups -OCH3 is 1. The van der Waals surface area contributed by atoms with Gasteiger partial charge in [0.2, 0.25) is 0 Å². The molecule has 0 saturated heterocycles. The summed E-state index contributed by atoms with van der Waals surface area (Å²) in [5.41, 5.74) is 6.14. The molecule has 1 saturated carbocycles. The Morgan fingerprint density at radius 2 is 2.00 bits per heavy atom. The third-order valence-corrected chi connectivity index (χ3v) is 6.24. The molecule has 1 aromatic heterocycles. The molecule has 9 nitrogen and oxygen atoms in total. The second-order valence-corrected chi connectivity index (χ2v) is 8.94.